The van der Waals surface area contributed by atoms with Crippen molar-refractivity contribution in [2.45, 2.75) is 43.8 Å². The topological polar surface area (TPSA) is 67.7 Å². The molecule has 40 heavy (non-hydrogen) atoms. The van der Waals surface area contributed by atoms with E-state index in [1.807, 2.05) is 26.8 Å². The summed E-state index contributed by atoms with van der Waals surface area (Å²) >= 11 is 7.57. The maximum absolute atomic E-state index is 15.1. The van der Waals surface area contributed by atoms with Crippen molar-refractivity contribution in [3.05, 3.63) is 63.6 Å². The fourth-order valence-electron chi connectivity index (χ4n) is 5.65. The van der Waals surface area contributed by atoms with Crippen LogP contribution in [-0.4, -0.2) is 65.0 Å². The van der Waals surface area contributed by atoms with Crippen molar-refractivity contribution in [3.8, 4) is 11.1 Å². The molecule has 2 aromatic carbocycles. The van der Waals surface area contributed by atoms with Gasteiger partial charge in [0.05, 0.1) is 23.2 Å². The van der Waals surface area contributed by atoms with E-state index in [1.165, 1.54) is 23.9 Å². The number of ether oxygens (including phenoxy) is 1. The molecule has 5 rings (SSSR count). The van der Waals surface area contributed by atoms with Crippen LogP contribution in [-0.2, 0) is 9.53 Å². The Morgan fingerprint density at radius 1 is 1.23 bits per heavy atom. The van der Waals surface area contributed by atoms with Crippen LogP contribution >= 0.6 is 36.9 Å². The van der Waals surface area contributed by atoms with E-state index < -0.39 is 17.3 Å². The summed E-state index contributed by atoms with van der Waals surface area (Å²) in [6, 6.07) is 3.44. The molecule has 3 heterocycles. The predicted molar refractivity (Wildman–Crippen MR) is 161 cm³/mol. The van der Waals surface area contributed by atoms with E-state index in [-0.39, 0.29) is 48.1 Å². The number of aromatic nitrogens is 2. The lowest BCUT2D eigenvalue weighted by atomic mass is 9.96. The molecule has 1 fully saturated rings. The molecule has 3 atom stereocenters. The molecule has 2 aliphatic rings. The minimum Gasteiger partial charge on any atom is -0.383 e. The Bertz CT molecular complexity index is 1570. The molecule has 0 spiro atoms. The highest BCUT2D eigenvalue weighted by molar-refractivity contribution is 7.99. The number of methoxy groups -OCH3 is 1. The number of hydrogen-bond donors (Lipinski definition) is 0. The molecule has 214 valence electrons. The largest absolute Gasteiger partial charge is 0.383 e. The van der Waals surface area contributed by atoms with Crippen molar-refractivity contribution in [3.63, 3.8) is 0 Å². The molecule has 1 amide bonds. The lowest BCUT2D eigenvalue weighted by molar-refractivity contribution is -0.128. The molecule has 1 saturated heterocycles. The molecule has 0 N–H and O–H groups in total. The van der Waals surface area contributed by atoms with Gasteiger partial charge in [0.1, 0.15) is 17.5 Å². The molecule has 3 aromatic rings. The first kappa shape index (κ1) is 30.4. The molecule has 1 aromatic heterocycles. The Kier molecular flexibility index (Phi) is 8.89. The molecule has 0 radical (unpaired) electrons. The van der Waals surface area contributed by atoms with Gasteiger partial charge in [-0.15, -0.1) is 11.8 Å². The molecular formula is C28H31ClF2N4O3S2. The van der Waals surface area contributed by atoms with Crippen LogP contribution in [0.2, 0.25) is 5.02 Å². The minimum atomic E-state index is -0.835. The minimum absolute atomic E-state index is 0. The number of anilines is 1. The van der Waals surface area contributed by atoms with Crippen molar-refractivity contribution >= 4 is 59.5 Å². The molecule has 7 nitrogen and oxygen atoms in total. The summed E-state index contributed by atoms with van der Waals surface area (Å²) in [4.78, 5) is 35.1. The average molecular weight is 609 g/mol. The second-order valence-electron chi connectivity index (χ2n) is 10.1. The quantitative estimate of drug-likeness (QED) is 0.289. The molecule has 12 heteroatoms. The van der Waals surface area contributed by atoms with Gasteiger partial charge in [-0.3, -0.25) is 9.36 Å². The van der Waals surface area contributed by atoms with Gasteiger partial charge in [-0.05, 0) is 44.5 Å². The summed E-state index contributed by atoms with van der Waals surface area (Å²) in [6.07, 6.45) is 1.31. The number of thioether (sulfide) groups is 1. The Balaban J connectivity index is 0.00000370. The summed E-state index contributed by atoms with van der Waals surface area (Å²) in [7, 11) is 1.58. The number of benzene rings is 2. The third-order valence-electron chi connectivity index (χ3n) is 7.48. The molecular weight excluding hydrogens is 578 g/mol. The zero-order chi connectivity index (χ0) is 28.2. The number of aryl methyl sites for hydroxylation is 1. The number of rotatable bonds is 5. The summed E-state index contributed by atoms with van der Waals surface area (Å²) in [5, 5.41) is 0.564. The van der Waals surface area contributed by atoms with Gasteiger partial charge in [-0.25, -0.2) is 13.6 Å². The van der Waals surface area contributed by atoms with Crippen LogP contribution in [0.15, 0.2) is 40.5 Å². The van der Waals surface area contributed by atoms with Gasteiger partial charge < -0.3 is 14.5 Å². The number of halogens is 3. The van der Waals surface area contributed by atoms with Gasteiger partial charge in [0.2, 0.25) is 5.91 Å². The van der Waals surface area contributed by atoms with E-state index in [9.17, 15) is 14.0 Å². The van der Waals surface area contributed by atoms with Crippen LogP contribution in [0.1, 0.15) is 25.5 Å². The maximum Gasteiger partial charge on any atom is 0.350 e. The second kappa shape index (κ2) is 11.7. The van der Waals surface area contributed by atoms with Crippen molar-refractivity contribution in [2.24, 2.45) is 0 Å². The number of carbonyl (C=O) groups excluding carboxylic acids is 1. The van der Waals surface area contributed by atoms with Gasteiger partial charge in [-0.2, -0.15) is 18.5 Å². The van der Waals surface area contributed by atoms with Crippen LogP contribution in [0.25, 0.3) is 22.0 Å². The Morgan fingerprint density at radius 2 is 1.95 bits per heavy atom. The van der Waals surface area contributed by atoms with E-state index in [2.05, 4.69) is 16.5 Å². The van der Waals surface area contributed by atoms with Crippen LogP contribution in [0.3, 0.4) is 0 Å². The Hall–Kier alpha value is -2.60. The van der Waals surface area contributed by atoms with E-state index in [4.69, 9.17) is 16.3 Å². The first-order chi connectivity index (χ1) is 18.6. The van der Waals surface area contributed by atoms with Crippen LogP contribution in [0.4, 0.5) is 14.6 Å². The highest BCUT2D eigenvalue weighted by Crippen LogP contribution is 2.47. The summed E-state index contributed by atoms with van der Waals surface area (Å²) in [5.41, 5.74) is 1.68. The van der Waals surface area contributed by atoms with Crippen molar-refractivity contribution in [1.29, 1.82) is 0 Å². The number of amides is 1. The number of nitrogens with zero attached hydrogens (tertiary/aromatic N) is 4. The van der Waals surface area contributed by atoms with Crippen LogP contribution in [0.5, 0.6) is 0 Å². The van der Waals surface area contributed by atoms with Crippen molar-refractivity contribution in [2.75, 3.05) is 37.5 Å². The van der Waals surface area contributed by atoms with E-state index in [0.717, 1.165) is 17.0 Å². The van der Waals surface area contributed by atoms with Gasteiger partial charge in [0.15, 0.2) is 0 Å². The van der Waals surface area contributed by atoms with Gasteiger partial charge in [-0.1, -0.05) is 18.2 Å². The maximum atomic E-state index is 15.1. The third-order valence-corrected chi connectivity index (χ3v) is 9.01. The highest BCUT2D eigenvalue weighted by atomic mass is 35.5. The summed E-state index contributed by atoms with van der Waals surface area (Å²) < 4.78 is 36.2. The second-order valence-corrected chi connectivity index (χ2v) is 11.5. The van der Waals surface area contributed by atoms with Crippen molar-refractivity contribution in [1.82, 2.24) is 14.5 Å². The Morgan fingerprint density at radius 3 is 2.62 bits per heavy atom. The van der Waals surface area contributed by atoms with E-state index in [0.29, 0.717) is 47.2 Å². The van der Waals surface area contributed by atoms with Gasteiger partial charge in [0.25, 0.3) is 0 Å². The van der Waals surface area contributed by atoms with Crippen molar-refractivity contribution < 1.29 is 18.3 Å². The van der Waals surface area contributed by atoms with Crippen LogP contribution < -0.4 is 10.6 Å². The SMILES string of the molecule is C=CC(=O)N1C[C@H](C)N(c2nc(=O)n3c4c(c(-c5cc(Cl)c(F)cc5F)c(C)cc24)SC[C@@H]3COC)C[C@H]1C.S. The van der Waals surface area contributed by atoms with Gasteiger partial charge >= 0.3 is 5.69 Å². The monoisotopic (exact) mass is 608 g/mol. The first-order valence-corrected chi connectivity index (χ1v) is 14.0. The smallest absolute Gasteiger partial charge is 0.350 e. The summed E-state index contributed by atoms with van der Waals surface area (Å²) in [6.45, 7) is 10.6. The molecule has 0 aliphatic carbocycles. The molecule has 2 aliphatic heterocycles. The van der Waals surface area contributed by atoms with Gasteiger partial charge in [0, 0.05) is 65.5 Å². The molecule has 0 bridgehead atoms. The fourth-order valence-corrected chi connectivity index (χ4v) is 7.18. The molecule has 0 saturated carbocycles. The van der Waals surface area contributed by atoms with Crippen LogP contribution in [0, 0.1) is 18.6 Å². The Labute approximate surface area is 247 Å². The number of hydrogen-bond acceptors (Lipinski definition) is 6. The standard InChI is InChI=1S/C28H29ClF2N4O3S.H2S/c1-6-23(36)33-10-16(4)34(11-15(33)3)27-19-7-14(2)24(18-8-20(29)22(31)9-21(18)30)26-25(19)35(28(37)32-27)17(12-38-5)13-39-26;/h6-9,15-17H,1,10-13H2,2-5H3;1H2/t15-,16+,17+;/m1./s1. The average Bonchev–Trinajstić information content (AvgIpc) is 2.90. The molecule has 0 unspecified atom stereocenters. The lowest BCUT2D eigenvalue weighted by Gasteiger charge is -2.45. The fraction of sp³-hybridized carbons (Fsp3) is 0.393. The first-order valence-electron chi connectivity index (χ1n) is 12.6. The van der Waals surface area contributed by atoms with E-state index in [1.54, 1.807) is 16.6 Å². The zero-order valence-corrected chi connectivity index (χ0v) is 25.2. The third kappa shape index (κ3) is 5.01. The highest BCUT2D eigenvalue weighted by Gasteiger charge is 2.35. The zero-order valence-electron chi connectivity index (χ0n) is 22.6. The summed E-state index contributed by atoms with van der Waals surface area (Å²) in [5.74, 6) is -0.677. The normalized spacial score (nSPS) is 20.4. The number of carbonyl (C=O) groups is 1. The number of piperazine rings is 1. The van der Waals surface area contributed by atoms with E-state index >= 15 is 4.39 Å². The lowest BCUT2D eigenvalue weighted by Crippen LogP contribution is -2.58. The predicted octanol–water partition coefficient (Wildman–Crippen LogP) is 5.32.